The van der Waals surface area contributed by atoms with E-state index in [0.29, 0.717) is 13.1 Å². The number of rotatable bonds is 8. The molecule has 0 aromatic heterocycles. The van der Waals surface area contributed by atoms with Crippen LogP contribution in [0.2, 0.25) is 0 Å². The summed E-state index contributed by atoms with van der Waals surface area (Å²) >= 11 is 1.73. The maximum absolute atomic E-state index is 11.7. The first-order valence-electron chi connectivity index (χ1n) is 8.12. The zero-order chi connectivity index (χ0) is 17.2. The third-order valence-electron chi connectivity index (χ3n) is 3.54. The van der Waals surface area contributed by atoms with Crippen molar-refractivity contribution in [1.29, 1.82) is 0 Å². The number of carbonyl (C=O) groups excluding carboxylic acids is 1. The molecular formula is C19H24N2O2S. The van der Waals surface area contributed by atoms with Gasteiger partial charge in [-0.05, 0) is 49.6 Å². The number of hydrogen-bond donors (Lipinski definition) is 3. The second kappa shape index (κ2) is 9.88. The van der Waals surface area contributed by atoms with Gasteiger partial charge in [0.2, 0.25) is 0 Å². The molecule has 4 nitrogen and oxygen atoms in total. The smallest absolute Gasteiger partial charge is 0.314 e. The lowest BCUT2D eigenvalue weighted by atomic mass is 10.1. The summed E-state index contributed by atoms with van der Waals surface area (Å²) in [6.45, 7) is 3.35. The minimum absolute atomic E-state index is 0.120. The maximum atomic E-state index is 11.7. The standard InChI is InChI=1S/C19H24N2O2S/c1-15-4-10-18(11-5-15)24-14-13-21-19(23)20-12-2-3-16-6-8-17(22)9-7-16/h4-11,22H,2-3,12-14H2,1H3,(H2,20,21,23). The van der Waals surface area contributed by atoms with Crippen LogP contribution in [0.1, 0.15) is 17.5 Å². The first kappa shape index (κ1) is 18.2. The number of phenols is 1. The number of carbonyl (C=O) groups is 1. The average Bonchev–Trinajstić information content (AvgIpc) is 2.59. The van der Waals surface area contributed by atoms with Crippen LogP contribution in [0.4, 0.5) is 4.79 Å². The Morgan fingerprint density at radius 3 is 2.38 bits per heavy atom. The Balaban J connectivity index is 1.52. The Bertz CT molecular complexity index is 571. The maximum Gasteiger partial charge on any atom is 0.314 e. The van der Waals surface area contributed by atoms with Gasteiger partial charge in [-0.25, -0.2) is 4.79 Å². The van der Waals surface area contributed by atoms with Gasteiger partial charge in [-0.3, -0.25) is 0 Å². The molecule has 0 unspecified atom stereocenters. The Morgan fingerprint density at radius 1 is 1.00 bits per heavy atom. The van der Waals surface area contributed by atoms with Crippen LogP contribution in [-0.4, -0.2) is 30.0 Å². The SMILES string of the molecule is Cc1ccc(SCCNC(=O)NCCCc2ccc(O)cc2)cc1. The molecule has 0 bridgehead atoms. The van der Waals surface area contributed by atoms with Crippen LogP contribution in [0.3, 0.4) is 0 Å². The van der Waals surface area contributed by atoms with E-state index < -0.39 is 0 Å². The first-order valence-corrected chi connectivity index (χ1v) is 9.11. The minimum Gasteiger partial charge on any atom is -0.508 e. The van der Waals surface area contributed by atoms with Crippen molar-refractivity contribution in [2.75, 3.05) is 18.8 Å². The number of aromatic hydroxyl groups is 1. The molecule has 2 aromatic carbocycles. The van der Waals surface area contributed by atoms with Crippen molar-refractivity contribution in [1.82, 2.24) is 10.6 Å². The summed E-state index contributed by atoms with van der Waals surface area (Å²) < 4.78 is 0. The predicted octanol–water partition coefficient (Wildman–Crippen LogP) is 3.72. The van der Waals surface area contributed by atoms with E-state index in [4.69, 9.17) is 0 Å². The van der Waals surface area contributed by atoms with Crippen molar-refractivity contribution in [3.05, 3.63) is 59.7 Å². The molecule has 24 heavy (non-hydrogen) atoms. The minimum atomic E-state index is -0.120. The van der Waals surface area contributed by atoms with Crippen molar-refractivity contribution in [2.24, 2.45) is 0 Å². The second-order valence-electron chi connectivity index (χ2n) is 5.61. The van der Waals surface area contributed by atoms with Gasteiger partial charge < -0.3 is 15.7 Å². The van der Waals surface area contributed by atoms with Crippen LogP contribution in [-0.2, 0) is 6.42 Å². The van der Waals surface area contributed by atoms with Crippen molar-refractivity contribution in [3.8, 4) is 5.75 Å². The van der Waals surface area contributed by atoms with Crippen LogP contribution in [0.5, 0.6) is 5.75 Å². The molecule has 0 saturated carbocycles. The summed E-state index contributed by atoms with van der Waals surface area (Å²) in [5.74, 6) is 1.13. The average molecular weight is 344 g/mol. The fourth-order valence-corrected chi connectivity index (χ4v) is 2.96. The molecule has 0 spiro atoms. The lowest BCUT2D eigenvalue weighted by molar-refractivity contribution is 0.241. The number of benzene rings is 2. The fraction of sp³-hybridized carbons (Fsp3) is 0.316. The molecular weight excluding hydrogens is 320 g/mol. The molecule has 2 rings (SSSR count). The quantitative estimate of drug-likeness (QED) is 0.505. The predicted molar refractivity (Wildman–Crippen MR) is 99.7 cm³/mol. The highest BCUT2D eigenvalue weighted by atomic mass is 32.2. The van der Waals surface area contributed by atoms with Crippen LogP contribution >= 0.6 is 11.8 Å². The van der Waals surface area contributed by atoms with Crippen LogP contribution in [0.25, 0.3) is 0 Å². The van der Waals surface area contributed by atoms with E-state index >= 15 is 0 Å². The summed E-state index contributed by atoms with van der Waals surface area (Å²) in [7, 11) is 0. The third-order valence-corrected chi connectivity index (χ3v) is 4.56. The van der Waals surface area contributed by atoms with E-state index in [1.807, 2.05) is 12.1 Å². The molecule has 128 valence electrons. The topological polar surface area (TPSA) is 61.4 Å². The summed E-state index contributed by atoms with van der Waals surface area (Å²) in [5.41, 5.74) is 2.41. The lowest BCUT2D eigenvalue weighted by Crippen LogP contribution is -2.37. The van der Waals surface area contributed by atoms with E-state index in [1.54, 1.807) is 23.9 Å². The zero-order valence-electron chi connectivity index (χ0n) is 13.9. The molecule has 5 heteroatoms. The van der Waals surface area contributed by atoms with E-state index in [2.05, 4.69) is 41.8 Å². The Kier molecular flexibility index (Phi) is 7.49. The fourth-order valence-electron chi connectivity index (χ4n) is 2.19. The number of hydrogen-bond acceptors (Lipinski definition) is 3. The second-order valence-corrected chi connectivity index (χ2v) is 6.78. The van der Waals surface area contributed by atoms with Crippen LogP contribution in [0, 0.1) is 6.92 Å². The summed E-state index contributed by atoms with van der Waals surface area (Å²) in [4.78, 5) is 12.9. The number of phenolic OH excluding ortho intramolecular Hbond substituents is 1. The molecule has 0 atom stereocenters. The summed E-state index contributed by atoms with van der Waals surface area (Å²) in [6, 6.07) is 15.4. The van der Waals surface area contributed by atoms with Gasteiger partial charge in [-0.15, -0.1) is 11.8 Å². The van der Waals surface area contributed by atoms with Crippen molar-refractivity contribution < 1.29 is 9.90 Å². The summed E-state index contributed by atoms with van der Waals surface area (Å²) in [5, 5.41) is 14.9. The largest absolute Gasteiger partial charge is 0.508 e. The molecule has 0 aliphatic heterocycles. The van der Waals surface area contributed by atoms with Gasteiger partial charge in [-0.1, -0.05) is 29.8 Å². The van der Waals surface area contributed by atoms with Crippen LogP contribution in [0.15, 0.2) is 53.4 Å². The lowest BCUT2D eigenvalue weighted by Gasteiger charge is -2.08. The van der Waals surface area contributed by atoms with Crippen molar-refractivity contribution in [2.45, 2.75) is 24.7 Å². The Hall–Kier alpha value is -2.14. The highest BCUT2D eigenvalue weighted by Crippen LogP contribution is 2.17. The number of aryl methyl sites for hydroxylation is 2. The molecule has 0 aliphatic carbocycles. The van der Waals surface area contributed by atoms with E-state index in [1.165, 1.54) is 10.5 Å². The molecule has 0 saturated heterocycles. The number of thioether (sulfide) groups is 1. The molecule has 0 fully saturated rings. The molecule has 3 N–H and O–H groups in total. The highest BCUT2D eigenvalue weighted by molar-refractivity contribution is 7.99. The highest BCUT2D eigenvalue weighted by Gasteiger charge is 2.00. The number of urea groups is 1. The Morgan fingerprint density at radius 2 is 1.67 bits per heavy atom. The van der Waals surface area contributed by atoms with Gasteiger partial charge in [0.05, 0.1) is 0 Å². The normalized spacial score (nSPS) is 10.4. The molecule has 2 amide bonds. The molecule has 0 aliphatic rings. The van der Waals surface area contributed by atoms with E-state index in [0.717, 1.165) is 24.2 Å². The van der Waals surface area contributed by atoms with Gasteiger partial charge >= 0.3 is 6.03 Å². The van der Waals surface area contributed by atoms with E-state index in [-0.39, 0.29) is 11.8 Å². The van der Waals surface area contributed by atoms with Crippen LogP contribution < -0.4 is 10.6 Å². The van der Waals surface area contributed by atoms with Gasteiger partial charge in [0.1, 0.15) is 5.75 Å². The van der Waals surface area contributed by atoms with Gasteiger partial charge in [-0.2, -0.15) is 0 Å². The third kappa shape index (κ3) is 6.96. The van der Waals surface area contributed by atoms with Gasteiger partial charge in [0.15, 0.2) is 0 Å². The zero-order valence-corrected chi connectivity index (χ0v) is 14.7. The first-order chi connectivity index (χ1) is 11.6. The van der Waals surface area contributed by atoms with Gasteiger partial charge in [0.25, 0.3) is 0 Å². The Labute approximate surface area is 147 Å². The number of amides is 2. The number of nitrogens with one attached hydrogen (secondary N) is 2. The van der Waals surface area contributed by atoms with Gasteiger partial charge in [0, 0.05) is 23.7 Å². The monoisotopic (exact) mass is 344 g/mol. The molecule has 0 heterocycles. The van der Waals surface area contributed by atoms with Crippen molar-refractivity contribution in [3.63, 3.8) is 0 Å². The molecule has 2 aromatic rings. The summed E-state index contributed by atoms with van der Waals surface area (Å²) in [6.07, 6.45) is 1.75. The van der Waals surface area contributed by atoms with Crippen molar-refractivity contribution >= 4 is 17.8 Å². The molecule has 0 radical (unpaired) electrons. The van der Waals surface area contributed by atoms with E-state index in [9.17, 15) is 9.90 Å².